The highest BCUT2D eigenvalue weighted by Crippen LogP contribution is 2.20. The zero-order chi connectivity index (χ0) is 16.2. The number of urea groups is 1. The van der Waals surface area contributed by atoms with E-state index in [9.17, 15) is 9.18 Å². The van der Waals surface area contributed by atoms with Crippen LogP contribution in [0.4, 0.5) is 14.2 Å². The topological polar surface area (TPSA) is 82.7 Å². The van der Waals surface area contributed by atoms with E-state index in [4.69, 9.17) is 0 Å². The number of thiophene rings is 1. The summed E-state index contributed by atoms with van der Waals surface area (Å²) in [5.74, 6) is 0.657. The number of H-pyrrole nitrogens is 1. The summed E-state index contributed by atoms with van der Waals surface area (Å²) < 4.78 is 12.9. The van der Waals surface area contributed by atoms with E-state index in [1.807, 2.05) is 19.1 Å². The predicted molar refractivity (Wildman–Crippen MR) is 86.7 cm³/mol. The highest BCUT2D eigenvalue weighted by molar-refractivity contribution is 7.16. The van der Waals surface area contributed by atoms with E-state index in [2.05, 4.69) is 25.8 Å². The lowest BCUT2D eigenvalue weighted by Gasteiger charge is -2.03. The molecule has 0 fully saturated rings. The molecule has 0 aliphatic rings. The van der Waals surface area contributed by atoms with Crippen molar-refractivity contribution in [3.8, 4) is 11.4 Å². The standard InChI is InChI=1S/C15H14FN5OS/c1-9-2-7-13(23-9)19-15(22)17-8-12-18-14(21-20-12)10-3-5-11(16)6-4-10/h2-7H,8H2,1H3,(H2,17,19,22)(H,18,20,21). The van der Waals surface area contributed by atoms with Crippen molar-refractivity contribution < 1.29 is 9.18 Å². The smallest absolute Gasteiger partial charge is 0.320 e. The molecule has 23 heavy (non-hydrogen) atoms. The number of benzene rings is 1. The zero-order valence-electron chi connectivity index (χ0n) is 12.3. The number of hydrogen-bond acceptors (Lipinski definition) is 4. The fraction of sp³-hybridized carbons (Fsp3) is 0.133. The van der Waals surface area contributed by atoms with Crippen molar-refractivity contribution >= 4 is 22.4 Å². The van der Waals surface area contributed by atoms with Crippen molar-refractivity contribution in [2.24, 2.45) is 0 Å². The molecule has 0 aliphatic heterocycles. The van der Waals surface area contributed by atoms with Gasteiger partial charge in [-0.1, -0.05) is 0 Å². The quantitative estimate of drug-likeness (QED) is 0.686. The minimum atomic E-state index is -0.313. The summed E-state index contributed by atoms with van der Waals surface area (Å²) in [4.78, 5) is 17.2. The number of rotatable bonds is 4. The molecule has 2 aromatic heterocycles. The van der Waals surface area contributed by atoms with Crippen LogP contribution in [0.5, 0.6) is 0 Å². The van der Waals surface area contributed by atoms with E-state index >= 15 is 0 Å². The molecule has 3 N–H and O–H groups in total. The van der Waals surface area contributed by atoms with Crippen LogP contribution in [0.15, 0.2) is 36.4 Å². The van der Waals surface area contributed by atoms with Crippen LogP contribution in [0, 0.1) is 12.7 Å². The summed E-state index contributed by atoms with van der Waals surface area (Å²) in [7, 11) is 0. The Balaban J connectivity index is 1.56. The molecule has 1 aromatic carbocycles. The lowest BCUT2D eigenvalue weighted by Crippen LogP contribution is -2.28. The predicted octanol–water partition coefficient (Wildman–Crippen LogP) is 3.30. The first-order valence-corrected chi connectivity index (χ1v) is 7.70. The molecule has 3 rings (SSSR count). The van der Waals surface area contributed by atoms with E-state index in [0.29, 0.717) is 17.2 Å². The third-order valence-electron chi connectivity index (χ3n) is 3.03. The van der Waals surface area contributed by atoms with E-state index in [-0.39, 0.29) is 18.4 Å². The largest absolute Gasteiger partial charge is 0.331 e. The SMILES string of the molecule is Cc1ccc(NC(=O)NCc2nc(-c3ccc(F)cc3)n[nH]2)s1. The number of nitrogens with zero attached hydrogens (tertiary/aromatic N) is 2. The molecule has 3 aromatic rings. The zero-order valence-corrected chi connectivity index (χ0v) is 13.1. The van der Waals surface area contributed by atoms with Gasteiger partial charge in [-0.2, -0.15) is 5.10 Å². The molecule has 0 aliphatic carbocycles. The van der Waals surface area contributed by atoms with Crippen LogP contribution >= 0.6 is 11.3 Å². The van der Waals surface area contributed by atoms with Crippen LogP contribution in [0.1, 0.15) is 10.7 Å². The second-order valence-electron chi connectivity index (χ2n) is 4.83. The van der Waals surface area contributed by atoms with Crippen molar-refractivity contribution in [1.29, 1.82) is 0 Å². The summed E-state index contributed by atoms with van der Waals surface area (Å²) in [5.41, 5.74) is 0.701. The Morgan fingerprint density at radius 2 is 2.04 bits per heavy atom. The average Bonchev–Trinajstić information content (AvgIpc) is 3.15. The molecule has 0 saturated carbocycles. The minimum Gasteiger partial charge on any atom is -0.331 e. The maximum absolute atomic E-state index is 12.9. The molecular weight excluding hydrogens is 317 g/mol. The van der Waals surface area contributed by atoms with Gasteiger partial charge in [0, 0.05) is 10.4 Å². The van der Waals surface area contributed by atoms with Crippen LogP contribution in [0.2, 0.25) is 0 Å². The first kappa shape index (κ1) is 15.2. The van der Waals surface area contributed by atoms with Gasteiger partial charge in [0.25, 0.3) is 0 Å². The first-order valence-electron chi connectivity index (χ1n) is 6.88. The van der Waals surface area contributed by atoms with Gasteiger partial charge in [0.1, 0.15) is 11.6 Å². The second-order valence-corrected chi connectivity index (χ2v) is 6.12. The van der Waals surface area contributed by atoms with Crippen LogP contribution < -0.4 is 10.6 Å². The second kappa shape index (κ2) is 6.57. The van der Waals surface area contributed by atoms with Crippen LogP contribution in [0.25, 0.3) is 11.4 Å². The molecule has 0 radical (unpaired) electrons. The number of hydrogen-bond donors (Lipinski definition) is 3. The third kappa shape index (κ3) is 3.92. The van der Waals surface area contributed by atoms with E-state index in [1.54, 1.807) is 12.1 Å². The molecule has 118 valence electrons. The number of aryl methyl sites for hydroxylation is 1. The fourth-order valence-electron chi connectivity index (χ4n) is 1.92. The fourth-order valence-corrected chi connectivity index (χ4v) is 2.69. The molecular formula is C15H14FN5OS. The molecule has 0 saturated heterocycles. The van der Waals surface area contributed by atoms with Gasteiger partial charge in [0.2, 0.25) is 0 Å². The number of aromatic nitrogens is 3. The number of anilines is 1. The Labute approximate surface area is 135 Å². The lowest BCUT2D eigenvalue weighted by molar-refractivity contribution is 0.251. The molecule has 0 spiro atoms. The van der Waals surface area contributed by atoms with Crippen LogP contribution in [-0.2, 0) is 6.54 Å². The van der Waals surface area contributed by atoms with Crippen molar-refractivity contribution in [2.75, 3.05) is 5.32 Å². The third-order valence-corrected chi connectivity index (χ3v) is 3.94. The van der Waals surface area contributed by atoms with Gasteiger partial charge in [-0.3, -0.25) is 10.4 Å². The van der Waals surface area contributed by atoms with Gasteiger partial charge >= 0.3 is 6.03 Å². The molecule has 6 nitrogen and oxygen atoms in total. The number of amides is 2. The molecule has 0 bridgehead atoms. The Morgan fingerprint density at radius 3 is 2.74 bits per heavy atom. The summed E-state index contributed by atoms with van der Waals surface area (Å²) in [6, 6.07) is 9.36. The van der Waals surface area contributed by atoms with Crippen molar-refractivity contribution in [2.45, 2.75) is 13.5 Å². The lowest BCUT2D eigenvalue weighted by atomic mass is 10.2. The van der Waals surface area contributed by atoms with Gasteiger partial charge in [0.05, 0.1) is 11.5 Å². The minimum absolute atomic E-state index is 0.213. The highest BCUT2D eigenvalue weighted by Gasteiger charge is 2.08. The Hall–Kier alpha value is -2.74. The van der Waals surface area contributed by atoms with Crippen molar-refractivity contribution in [3.63, 3.8) is 0 Å². The van der Waals surface area contributed by atoms with Crippen molar-refractivity contribution in [1.82, 2.24) is 20.5 Å². The number of carbonyl (C=O) groups is 1. The monoisotopic (exact) mass is 331 g/mol. The van der Waals surface area contributed by atoms with Gasteiger partial charge < -0.3 is 5.32 Å². The number of halogens is 1. The summed E-state index contributed by atoms with van der Waals surface area (Å²) in [6.07, 6.45) is 0. The van der Waals surface area contributed by atoms with Crippen molar-refractivity contribution in [3.05, 3.63) is 52.9 Å². The summed E-state index contributed by atoms with van der Waals surface area (Å²) in [5, 5.41) is 13.0. The van der Waals surface area contributed by atoms with Gasteiger partial charge in [-0.15, -0.1) is 11.3 Å². The Bertz CT molecular complexity index is 811. The summed E-state index contributed by atoms with van der Waals surface area (Å²) >= 11 is 1.50. The molecule has 2 amide bonds. The maximum Gasteiger partial charge on any atom is 0.320 e. The molecule has 2 heterocycles. The average molecular weight is 331 g/mol. The number of nitrogens with one attached hydrogen (secondary N) is 3. The van der Waals surface area contributed by atoms with Crippen LogP contribution in [0.3, 0.4) is 0 Å². The first-order chi connectivity index (χ1) is 11.1. The highest BCUT2D eigenvalue weighted by atomic mass is 32.1. The number of carbonyl (C=O) groups excluding carboxylic acids is 1. The maximum atomic E-state index is 12.9. The molecule has 8 heteroatoms. The Kier molecular flexibility index (Phi) is 4.33. The van der Waals surface area contributed by atoms with E-state index in [1.165, 1.54) is 23.5 Å². The van der Waals surface area contributed by atoms with E-state index in [0.717, 1.165) is 9.88 Å². The molecule has 0 atom stereocenters. The summed E-state index contributed by atoms with van der Waals surface area (Å²) in [6.45, 7) is 2.18. The molecule has 0 unspecified atom stereocenters. The number of aromatic amines is 1. The normalized spacial score (nSPS) is 10.5. The van der Waals surface area contributed by atoms with E-state index < -0.39 is 0 Å². The van der Waals surface area contributed by atoms with Crippen LogP contribution in [-0.4, -0.2) is 21.2 Å². The van der Waals surface area contributed by atoms with Gasteiger partial charge in [-0.25, -0.2) is 14.2 Å². The Morgan fingerprint density at radius 1 is 1.26 bits per heavy atom. The van der Waals surface area contributed by atoms with Gasteiger partial charge in [0.15, 0.2) is 5.82 Å². The van der Waals surface area contributed by atoms with Gasteiger partial charge in [-0.05, 0) is 43.3 Å².